The molecule has 2 rings (SSSR count). The number of nitrogens with one attached hydrogen (secondary N) is 1. The standard InChI is InChI=1S/C16H16N2O4/c1-11-5-7-13(8-6-11)16(21)14-4-3-9-18(14)22-15(20)10-17-12(2)19/h3-9H,10H2,1-2H3,(H,17,19). The first kappa shape index (κ1) is 15.5. The molecule has 2 aromatic rings. The van der Waals surface area contributed by atoms with E-state index >= 15 is 0 Å². The number of nitrogens with zero attached hydrogens (tertiary/aromatic N) is 1. The summed E-state index contributed by atoms with van der Waals surface area (Å²) in [6.45, 7) is 2.97. The van der Waals surface area contributed by atoms with Crippen LogP contribution in [0.5, 0.6) is 0 Å². The van der Waals surface area contributed by atoms with E-state index < -0.39 is 5.97 Å². The lowest BCUT2D eigenvalue weighted by Gasteiger charge is -2.09. The van der Waals surface area contributed by atoms with Crippen molar-refractivity contribution in [3.8, 4) is 0 Å². The zero-order chi connectivity index (χ0) is 16.1. The van der Waals surface area contributed by atoms with Crippen LogP contribution >= 0.6 is 0 Å². The van der Waals surface area contributed by atoms with E-state index in [0.29, 0.717) is 5.56 Å². The molecular formula is C16H16N2O4. The van der Waals surface area contributed by atoms with Gasteiger partial charge in [0.2, 0.25) is 11.7 Å². The van der Waals surface area contributed by atoms with Gasteiger partial charge >= 0.3 is 5.97 Å². The molecule has 6 heteroatoms. The Bertz CT molecular complexity index is 701. The van der Waals surface area contributed by atoms with E-state index in [2.05, 4.69) is 5.32 Å². The molecule has 0 aliphatic rings. The van der Waals surface area contributed by atoms with Crippen molar-refractivity contribution >= 4 is 17.7 Å². The normalized spacial score (nSPS) is 10.1. The fourth-order valence-electron chi connectivity index (χ4n) is 1.81. The number of rotatable bonds is 5. The van der Waals surface area contributed by atoms with Crippen LogP contribution < -0.4 is 10.2 Å². The first-order valence-electron chi connectivity index (χ1n) is 6.71. The first-order chi connectivity index (χ1) is 10.5. The van der Waals surface area contributed by atoms with Crippen molar-refractivity contribution in [3.05, 3.63) is 59.4 Å². The van der Waals surface area contributed by atoms with Gasteiger partial charge in [-0.25, -0.2) is 4.79 Å². The average Bonchev–Trinajstić information content (AvgIpc) is 2.93. The van der Waals surface area contributed by atoms with E-state index in [0.717, 1.165) is 10.3 Å². The van der Waals surface area contributed by atoms with Crippen LogP contribution in [0.4, 0.5) is 0 Å². The number of carbonyl (C=O) groups excluding carboxylic acids is 3. The van der Waals surface area contributed by atoms with Crippen molar-refractivity contribution in [3.63, 3.8) is 0 Å². The molecule has 0 unspecified atom stereocenters. The van der Waals surface area contributed by atoms with Gasteiger partial charge in [0.25, 0.3) is 0 Å². The highest BCUT2D eigenvalue weighted by Crippen LogP contribution is 2.11. The maximum Gasteiger partial charge on any atom is 0.351 e. The largest absolute Gasteiger partial charge is 0.351 e. The van der Waals surface area contributed by atoms with Gasteiger partial charge in [-0.3, -0.25) is 9.59 Å². The van der Waals surface area contributed by atoms with Crippen molar-refractivity contribution in [2.75, 3.05) is 6.54 Å². The van der Waals surface area contributed by atoms with Crippen LogP contribution in [-0.2, 0) is 9.59 Å². The SMILES string of the molecule is CC(=O)NCC(=O)On1cccc1C(=O)c1ccc(C)cc1. The number of hydrogen-bond acceptors (Lipinski definition) is 4. The van der Waals surface area contributed by atoms with Crippen molar-refractivity contribution in [1.82, 2.24) is 10.0 Å². The minimum Gasteiger partial charge on any atom is -0.345 e. The van der Waals surface area contributed by atoms with Crippen LogP contribution in [-0.4, -0.2) is 28.9 Å². The van der Waals surface area contributed by atoms with Crippen molar-refractivity contribution in [2.24, 2.45) is 0 Å². The summed E-state index contributed by atoms with van der Waals surface area (Å²) >= 11 is 0. The molecule has 1 N–H and O–H groups in total. The Balaban J connectivity index is 2.12. The molecular weight excluding hydrogens is 284 g/mol. The fourth-order valence-corrected chi connectivity index (χ4v) is 1.81. The number of amides is 1. The summed E-state index contributed by atoms with van der Waals surface area (Å²) in [5.41, 5.74) is 1.79. The zero-order valence-corrected chi connectivity index (χ0v) is 12.3. The monoisotopic (exact) mass is 300 g/mol. The third-order valence-corrected chi connectivity index (χ3v) is 2.94. The second-order valence-corrected chi connectivity index (χ2v) is 4.79. The number of aromatic nitrogens is 1. The van der Waals surface area contributed by atoms with Gasteiger partial charge in [-0.1, -0.05) is 29.8 Å². The third-order valence-electron chi connectivity index (χ3n) is 2.94. The van der Waals surface area contributed by atoms with Gasteiger partial charge in [-0.15, -0.1) is 0 Å². The van der Waals surface area contributed by atoms with Crippen LogP contribution in [0.25, 0.3) is 0 Å². The number of aryl methyl sites for hydroxylation is 1. The second kappa shape index (κ2) is 6.71. The third kappa shape index (κ3) is 3.82. The maximum absolute atomic E-state index is 12.4. The van der Waals surface area contributed by atoms with Crippen molar-refractivity contribution in [1.29, 1.82) is 0 Å². The van der Waals surface area contributed by atoms with Crippen molar-refractivity contribution < 1.29 is 19.2 Å². The Morgan fingerprint density at radius 2 is 1.82 bits per heavy atom. The molecule has 0 aliphatic carbocycles. The molecule has 1 aromatic heterocycles. The predicted octanol–water partition coefficient (Wildman–Crippen LogP) is 1.12. The van der Waals surface area contributed by atoms with Gasteiger partial charge in [0.05, 0.1) is 0 Å². The topological polar surface area (TPSA) is 77.4 Å². The van der Waals surface area contributed by atoms with E-state index in [1.54, 1.807) is 24.3 Å². The molecule has 22 heavy (non-hydrogen) atoms. The molecule has 0 aliphatic heterocycles. The molecule has 0 saturated carbocycles. The summed E-state index contributed by atoms with van der Waals surface area (Å²) in [4.78, 5) is 39.8. The molecule has 6 nitrogen and oxygen atoms in total. The van der Waals surface area contributed by atoms with Gasteiger partial charge in [0, 0.05) is 18.7 Å². The Kier molecular flexibility index (Phi) is 4.73. The number of carbonyl (C=O) groups is 3. The number of ketones is 1. The molecule has 1 aromatic carbocycles. The van der Waals surface area contributed by atoms with E-state index in [1.807, 2.05) is 19.1 Å². The summed E-state index contributed by atoms with van der Waals surface area (Å²) in [6.07, 6.45) is 1.47. The second-order valence-electron chi connectivity index (χ2n) is 4.79. The lowest BCUT2D eigenvalue weighted by molar-refractivity contribution is -0.144. The maximum atomic E-state index is 12.4. The quantitative estimate of drug-likeness (QED) is 0.839. The summed E-state index contributed by atoms with van der Waals surface area (Å²) in [5, 5.41) is 2.33. The van der Waals surface area contributed by atoms with Crippen LogP contribution in [0.3, 0.4) is 0 Å². The molecule has 0 spiro atoms. The minimum absolute atomic E-state index is 0.236. The molecule has 0 bridgehead atoms. The molecule has 114 valence electrons. The van der Waals surface area contributed by atoms with E-state index in [4.69, 9.17) is 4.84 Å². The summed E-state index contributed by atoms with van der Waals surface area (Å²) in [6, 6.07) is 10.3. The Hall–Kier alpha value is -2.89. The molecule has 0 fully saturated rings. The van der Waals surface area contributed by atoms with Crippen LogP contribution in [0.2, 0.25) is 0 Å². The smallest absolute Gasteiger partial charge is 0.345 e. The van der Waals surface area contributed by atoms with Crippen molar-refractivity contribution in [2.45, 2.75) is 13.8 Å². The van der Waals surface area contributed by atoms with Gasteiger partial charge in [0.1, 0.15) is 12.2 Å². The summed E-state index contributed by atoms with van der Waals surface area (Å²) in [5.74, 6) is -1.25. The highest BCUT2D eigenvalue weighted by Gasteiger charge is 2.16. The Morgan fingerprint density at radius 3 is 2.45 bits per heavy atom. The lowest BCUT2D eigenvalue weighted by atomic mass is 10.1. The number of hydrogen-bond donors (Lipinski definition) is 1. The van der Waals surface area contributed by atoms with Crippen LogP contribution in [0.1, 0.15) is 28.5 Å². The molecule has 0 radical (unpaired) electrons. The average molecular weight is 300 g/mol. The number of benzene rings is 1. The van der Waals surface area contributed by atoms with Crippen LogP contribution in [0.15, 0.2) is 42.6 Å². The van der Waals surface area contributed by atoms with Gasteiger partial charge in [0.15, 0.2) is 0 Å². The van der Waals surface area contributed by atoms with Gasteiger partial charge < -0.3 is 10.2 Å². The van der Waals surface area contributed by atoms with Gasteiger partial charge in [-0.05, 0) is 19.1 Å². The molecule has 0 saturated heterocycles. The first-order valence-corrected chi connectivity index (χ1v) is 6.71. The molecule has 1 amide bonds. The van der Waals surface area contributed by atoms with E-state index in [-0.39, 0.29) is 23.9 Å². The Morgan fingerprint density at radius 1 is 1.14 bits per heavy atom. The lowest BCUT2D eigenvalue weighted by Crippen LogP contribution is -2.34. The summed E-state index contributed by atoms with van der Waals surface area (Å²) < 4.78 is 1.10. The van der Waals surface area contributed by atoms with E-state index in [9.17, 15) is 14.4 Å². The predicted molar refractivity (Wildman–Crippen MR) is 79.3 cm³/mol. The van der Waals surface area contributed by atoms with E-state index in [1.165, 1.54) is 13.1 Å². The zero-order valence-electron chi connectivity index (χ0n) is 12.3. The summed E-state index contributed by atoms with van der Waals surface area (Å²) in [7, 11) is 0. The highest BCUT2D eigenvalue weighted by molar-refractivity contribution is 6.08. The minimum atomic E-state index is -0.663. The fraction of sp³-hybridized carbons (Fsp3) is 0.188. The highest BCUT2D eigenvalue weighted by atomic mass is 16.7. The van der Waals surface area contributed by atoms with Gasteiger partial charge in [-0.2, -0.15) is 4.73 Å². The molecule has 0 atom stereocenters. The van der Waals surface area contributed by atoms with Crippen LogP contribution in [0, 0.1) is 6.92 Å². The Labute approximate surface area is 127 Å². The molecule has 1 heterocycles.